The molecule has 0 fully saturated rings. The number of benzene rings is 1. The van der Waals surface area contributed by atoms with Crippen molar-refractivity contribution in [2.75, 3.05) is 26.1 Å². The van der Waals surface area contributed by atoms with Crippen LogP contribution in [0.5, 0.6) is 11.5 Å². The van der Waals surface area contributed by atoms with Gasteiger partial charge in [0.05, 0.1) is 14.2 Å². The van der Waals surface area contributed by atoms with Crippen molar-refractivity contribution < 1.29 is 9.47 Å². The fourth-order valence-corrected chi connectivity index (χ4v) is 1.89. The van der Waals surface area contributed by atoms with Gasteiger partial charge in [-0.3, -0.25) is 0 Å². The number of hydrogen-bond donors (Lipinski definition) is 1. The van der Waals surface area contributed by atoms with Gasteiger partial charge in [0.1, 0.15) is 17.8 Å². The summed E-state index contributed by atoms with van der Waals surface area (Å²) in [4.78, 5) is 8.56. The van der Waals surface area contributed by atoms with Gasteiger partial charge in [-0.15, -0.1) is 0 Å². The summed E-state index contributed by atoms with van der Waals surface area (Å²) in [5, 5.41) is 3.25. The lowest BCUT2D eigenvalue weighted by Gasteiger charge is -2.13. The third-order valence-corrected chi connectivity index (χ3v) is 2.91. The third-order valence-electron chi connectivity index (χ3n) is 2.91. The molecule has 0 spiro atoms. The third kappa shape index (κ3) is 2.99. The van der Waals surface area contributed by atoms with Crippen LogP contribution in [0.25, 0.3) is 11.3 Å². The number of nitrogens with one attached hydrogen (secondary N) is 1. The molecule has 1 heterocycles. The van der Waals surface area contributed by atoms with Crippen molar-refractivity contribution in [1.29, 1.82) is 0 Å². The Labute approximate surface area is 119 Å². The molecule has 0 unspecified atom stereocenters. The highest BCUT2D eigenvalue weighted by Gasteiger charge is 2.13. The average Bonchev–Trinajstić information content (AvgIpc) is 2.52. The molecule has 0 saturated carbocycles. The largest absolute Gasteiger partial charge is 0.497 e. The van der Waals surface area contributed by atoms with Crippen molar-refractivity contribution in [3.05, 3.63) is 30.6 Å². The lowest BCUT2D eigenvalue weighted by molar-refractivity contribution is 0.413. The second-order valence-corrected chi connectivity index (χ2v) is 4.26. The van der Waals surface area contributed by atoms with Crippen LogP contribution in [-0.2, 0) is 0 Å². The Morgan fingerprint density at radius 2 is 1.80 bits per heavy atom. The summed E-state index contributed by atoms with van der Waals surface area (Å²) in [7, 11) is 3.27. The fraction of sp³-hybridized carbons (Fsp3) is 0.333. The van der Waals surface area contributed by atoms with Gasteiger partial charge >= 0.3 is 0 Å². The predicted octanol–water partition coefficient (Wildman–Crippen LogP) is 2.98. The summed E-state index contributed by atoms with van der Waals surface area (Å²) < 4.78 is 10.6. The number of methoxy groups -OCH3 is 2. The van der Waals surface area contributed by atoms with E-state index in [2.05, 4.69) is 22.2 Å². The van der Waals surface area contributed by atoms with E-state index in [0.29, 0.717) is 5.75 Å². The molecule has 5 heteroatoms. The summed E-state index contributed by atoms with van der Waals surface area (Å²) in [6, 6.07) is 7.70. The Balaban J connectivity index is 2.38. The highest BCUT2D eigenvalue weighted by atomic mass is 16.5. The van der Waals surface area contributed by atoms with Crippen molar-refractivity contribution >= 4 is 5.82 Å². The molecule has 1 N–H and O–H groups in total. The highest BCUT2D eigenvalue weighted by Crippen LogP contribution is 2.33. The molecule has 1 aromatic carbocycles. The second-order valence-electron chi connectivity index (χ2n) is 4.26. The van der Waals surface area contributed by atoms with Crippen LogP contribution in [-0.4, -0.2) is 30.7 Å². The van der Waals surface area contributed by atoms with Gasteiger partial charge in [-0.2, -0.15) is 0 Å². The summed E-state index contributed by atoms with van der Waals surface area (Å²) in [5.41, 5.74) is 1.73. The van der Waals surface area contributed by atoms with Crippen LogP contribution in [0.3, 0.4) is 0 Å². The van der Waals surface area contributed by atoms with Crippen LogP contribution in [0, 0.1) is 0 Å². The summed E-state index contributed by atoms with van der Waals surface area (Å²) in [6.07, 6.45) is 2.56. The lowest BCUT2D eigenvalue weighted by atomic mass is 10.1. The van der Waals surface area contributed by atoms with Crippen molar-refractivity contribution in [2.24, 2.45) is 0 Å². The van der Waals surface area contributed by atoms with E-state index < -0.39 is 0 Å². The van der Waals surface area contributed by atoms with Crippen LogP contribution < -0.4 is 14.8 Å². The van der Waals surface area contributed by atoms with Crippen LogP contribution in [0.1, 0.15) is 13.3 Å². The van der Waals surface area contributed by atoms with Gasteiger partial charge in [0.15, 0.2) is 11.6 Å². The van der Waals surface area contributed by atoms with E-state index >= 15 is 0 Å². The zero-order valence-electron chi connectivity index (χ0n) is 12.0. The number of ether oxygens (including phenoxy) is 2. The summed E-state index contributed by atoms with van der Waals surface area (Å²) in [6.45, 7) is 2.94. The number of nitrogens with zero attached hydrogens (tertiary/aromatic N) is 2. The summed E-state index contributed by atoms with van der Waals surface area (Å²) >= 11 is 0. The molecule has 0 amide bonds. The highest BCUT2D eigenvalue weighted by molar-refractivity contribution is 5.72. The van der Waals surface area contributed by atoms with Crippen LogP contribution >= 0.6 is 0 Å². The van der Waals surface area contributed by atoms with Crippen molar-refractivity contribution in [3.8, 4) is 22.8 Å². The Bertz CT molecular complexity index is 556. The monoisotopic (exact) mass is 273 g/mol. The normalized spacial score (nSPS) is 10.2. The maximum Gasteiger partial charge on any atom is 0.187 e. The lowest BCUT2D eigenvalue weighted by Crippen LogP contribution is -2.05. The first-order valence-corrected chi connectivity index (χ1v) is 6.57. The van der Waals surface area contributed by atoms with E-state index in [4.69, 9.17) is 9.47 Å². The Hall–Kier alpha value is -2.30. The second kappa shape index (κ2) is 6.75. The summed E-state index contributed by atoms with van der Waals surface area (Å²) in [5.74, 6) is 2.19. The maximum absolute atomic E-state index is 5.47. The van der Waals surface area contributed by atoms with E-state index in [1.165, 1.54) is 0 Å². The van der Waals surface area contributed by atoms with Gasteiger partial charge in [0.25, 0.3) is 0 Å². The molecule has 0 saturated heterocycles. The van der Waals surface area contributed by atoms with Crippen LogP contribution in [0.2, 0.25) is 0 Å². The first kappa shape index (κ1) is 14.1. The Morgan fingerprint density at radius 3 is 2.40 bits per heavy atom. The van der Waals surface area contributed by atoms with Gasteiger partial charge in [0.2, 0.25) is 0 Å². The first-order chi connectivity index (χ1) is 9.80. The minimum atomic E-state index is 0.658. The molecule has 2 rings (SSSR count). The van der Waals surface area contributed by atoms with E-state index in [0.717, 1.165) is 35.8 Å². The van der Waals surface area contributed by atoms with Crippen molar-refractivity contribution in [1.82, 2.24) is 9.97 Å². The minimum absolute atomic E-state index is 0.658. The molecule has 106 valence electrons. The van der Waals surface area contributed by atoms with E-state index in [1.807, 2.05) is 24.3 Å². The fourth-order valence-electron chi connectivity index (χ4n) is 1.89. The molecule has 0 radical (unpaired) electrons. The molecular formula is C15H19N3O2. The number of aromatic nitrogens is 2. The van der Waals surface area contributed by atoms with Crippen LogP contribution in [0.4, 0.5) is 5.82 Å². The zero-order chi connectivity index (χ0) is 14.4. The minimum Gasteiger partial charge on any atom is -0.497 e. The van der Waals surface area contributed by atoms with Gasteiger partial charge < -0.3 is 14.8 Å². The number of hydrogen-bond acceptors (Lipinski definition) is 5. The Morgan fingerprint density at radius 1 is 1.05 bits per heavy atom. The predicted molar refractivity (Wildman–Crippen MR) is 79.4 cm³/mol. The molecule has 20 heavy (non-hydrogen) atoms. The molecule has 0 aliphatic rings. The molecule has 0 bridgehead atoms. The molecule has 1 aromatic heterocycles. The molecule has 0 aliphatic carbocycles. The maximum atomic E-state index is 5.47. The molecule has 2 aromatic rings. The van der Waals surface area contributed by atoms with E-state index in [9.17, 15) is 0 Å². The van der Waals surface area contributed by atoms with Gasteiger partial charge in [0, 0.05) is 12.1 Å². The average molecular weight is 273 g/mol. The molecule has 0 atom stereocenters. The molecular weight excluding hydrogens is 254 g/mol. The van der Waals surface area contributed by atoms with E-state index in [-0.39, 0.29) is 0 Å². The van der Waals surface area contributed by atoms with E-state index in [1.54, 1.807) is 20.5 Å². The Kier molecular flexibility index (Phi) is 4.76. The van der Waals surface area contributed by atoms with Gasteiger partial charge in [-0.05, 0) is 30.7 Å². The number of anilines is 1. The zero-order valence-corrected chi connectivity index (χ0v) is 12.0. The van der Waals surface area contributed by atoms with Crippen molar-refractivity contribution in [3.63, 3.8) is 0 Å². The van der Waals surface area contributed by atoms with Crippen LogP contribution in [0.15, 0.2) is 30.6 Å². The first-order valence-electron chi connectivity index (χ1n) is 6.57. The smallest absolute Gasteiger partial charge is 0.187 e. The molecule has 0 aliphatic heterocycles. The quantitative estimate of drug-likeness (QED) is 0.876. The SMILES string of the molecule is CCCNc1ncnc(-c2ccc(OC)cc2)c1OC. The number of rotatable bonds is 6. The topological polar surface area (TPSA) is 56.3 Å². The van der Waals surface area contributed by atoms with Crippen molar-refractivity contribution in [2.45, 2.75) is 13.3 Å². The van der Waals surface area contributed by atoms with Gasteiger partial charge in [-0.1, -0.05) is 6.92 Å². The standard InChI is InChI=1S/C15H19N3O2/c1-4-9-16-15-14(20-3)13(17-10-18-15)11-5-7-12(19-2)8-6-11/h5-8,10H,4,9H2,1-3H3,(H,16,17,18). The van der Waals surface area contributed by atoms with Gasteiger partial charge in [-0.25, -0.2) is 9.97 Å². The molecule has 5 nitrogen and oxygen atoms in total.